The van der Waals surface area contributed by atoms with E-state index >= 15 is 0 Å². The molecule has 0 aliphatic rings. The minimum atomic E-state index is -0.395. The zero-order valence-electron chi connectivity index (χ0n) is 17.6. The Balaban J connectivity index is 1.72. The first-order chi connectivity index (χ1) is 14.5. The molecule has 3 aromatic carbocycles. The lowest BCUT2D eigenvalue weighted by molar-refractivity contribution is -0.908. The molecule has 30 heavy (non-hydrogen) atoms. The van der Waals surface area contributed by atoms with Gasteiger partial charge in [0.2, 0.25) is 0 Å². The number of ether oxygens (including phenoxy) is 1. The van der Waals surface area contributed by atoms with E-state index in [0.29, 0.717) is 6.54 Å². The Kier molecular flexibility index (Phi) is 7.20. The highest BCUT2D eigenvalue weighted by atomic mass is 19.1. The summed E-state index contributed by atoms with van der Waals surface area (Å²) >= 11 is 0. The molecule has 156 valence electrons. The van der Waals surface area contributed by atoms with Crippen LogP contribution in [0.25, 0.3) is 0 Å². The molecule has 1 unspecified atom stereocenters. The molecule has 5 heteroatoms. The van der Waals surface area contributed by atoms with Crippen molar-refractivity contribution < 1.29 is 18.8 Å². The van der Waals surface area contributed by atoms with Gasteiger partial charge in [0.25, 0.3) is 5.91 Å². The number of carbonyl (C=O) groups is 1. The van der Waals surface area contributed by atoms with Crippen molar-refractivity contribution in [3.05, 3.63) is 101 Å². The Morgan fingerprint density at radius 1 is 1.00 bits per heavy atom. The van der Waals surface area contributed by atoms with Gasteiger partial charge in [-0.3, -0.25) is 4.79 Å². The van der Waals surface area contributed by atoms with Crippen molar-refractivity contribution in [1.82, 2.24) is 5.32 Å². The summed E-state index contributed by atoms with van der Waals surface area (Å²) in [6, 6.07) is 24.2. The highest BCUT2D eigenvalue weighted by Crippen LogP contribution is 2.22. The maximum atomic E-state index is 14.0. The number of likely N-dealkylation sites (N-methyl/N-ethyl adjacent to an activating group) is 1. The van der Waals surface area contributed by atoms with Gasteiger partial charge in [-0.15, -0.1) is 0 Å². The van der Waals surface area contributed by atoms with E-state index in [2.05, 4.69) is 5.32 Å². The molecule has 3 aromatic rings. The van der Waals surface area contributed by atoms with Gasteiger partial charge >= 0.3 is 0 Å². The summed E-state index contributed by atoms with van der Waals surface area (Å²) < 4.78 is 19.0. The average Bonchev–Trinajstić information content (AvgIpc) is 2.78. The highest BCUT2D eigenvalue weighted by molar-refractivity contribution is 5.80. The van der Waals surface area contributed by atoms with Gasteiger partial charge in [0.05, 0.1) is 20.2 Å². The molecule has 2 atom stereocenters. The standard InChI is InChI=1S/C25H27FN2O2/c1-18(28(2)17-19-14-15-23(30-3)22(26)16-19)25(29)27-24(20-10-6-4-7-11-20)21-12-8-5-9-13-21/h4-16,18,24H,17H2,1-3H3,(H,27,29)/p+1/t18-/m0/s1. The molecule has 0 fully saturated rings. The van der Waals surface area contributed by atoms with Crippen molar-refractivity contribution in [1.29, 1.82) is 0 Å². The second-order valence-corrected chi connectivity index (χ2v) is 7.48. The zero-order chi connectivity index (χ0) is 21.5. The summed E-state index contributed by atoms with van der Waals surface area (Å²) in [7, 11) is 3.38. The number of carbonyl (C=O) groups excluding carboxylic acids is 1. The third-order valence-electron chi connectivity index (χ3n) is 5.38. The van der Waals surface area contributed by atoms with Crippen LogP contribution in [0, 0.1) is 5.82 Å². The van der Waals surface area contributed by atoms with Gasteiger partial charge < -0.3 is 15.0 Å². The van der Waals surface area contributed by atoms with Crippen LogP contribution in [-0.4, -0.2) is 26.1 Å². The Labute approximate surface area is 177 Å². The molecule has 0 heterocycles. The van der Waals surface area contributed by atoms with Gasteiger partial charge in [-0.2, -0.15) is 0 Å². The van der Waals surface area contributed by atoms with E-state index in [9.17, 15) is 9.18 Å². The highest BCUT2D eigenvalue weighted by Gasteiger charge is 2.26. The quantitative estimate of drug-likeness (QED) is 0.603. The van der Waals surface area contributed by atoms with Crippen molar-refractivity contribution in [2.45, 2.75) is 25.6 Å². The van der Waals surface area contributed by atoms with Gasteiger partial charge in [0, 0.05) is 5.56 Å². The maximum Gasteiger partial charge on any atom is 0.278 e. The van der Waals surface area contributed by atoms with Crippen molar-refractivity contribution >= 4 is 5.91 Å². The summed E-state index contributed by atoms with van der Waals surface area (Å²) in [6.45, 7) is 2.41. The van der Waals surface area contributed by atoms with E-state index in [1.165, 1.54) is 13.2 Å². The zero-order valence-corrected chi connectivity index (χ0v) is 17.6. The van der Waals surface area contributed by atoms with Gasteiger partial charge in [-0.25, -0.2) is 4.39 Å². The SMILES string of the molecule is COc1ccc(C[NH+](C)[C@@H](C)C(=O)NC(c2ccccc2)c2ccccc2)cc1F. The lowest BCUT2D eigenvalue weighted by Crippen LogP contribution is -3.12. The minimum absolute atomic E-state index is 0.0563. The third kappa shape index (κ3) is 5.24. The molecule has 3 rings (SSSR count). The molecule has 0 saturated carbocycles. The van der Waals surface area contributed by atoms with Crippen LogP contribution in [0.2, 0.25) is 0 Å². The molecule has 0 aliphatic carbocycles. The molecular formula is C25H28FN2O2+. The lowest BCUT2D eigenvalue weighted by Gasteiger charge is -2.25. The van der Waals surface area contributed by atoms with Gasteiger partial charge in [0.1, 0.15) is 6.54 Å². The smallest absolute Gasteiger partial charge is 0.278 e. The monoisotopic (exact) mass is 407 g/mol. The number of hydrogen-bond donors (Lipinski definition) is 2. The molecule has 0 aliphatic heterocycles. The maximum absolute atomic E-state index is 14.0. The first kappa shape index (κ1) is 21.5. The van der Waals surface area contributed by atoms with E-state index in [4.69, 9.17) is 4.74 Å². The van der Waals surface area contributed by atoms with E-state index in [0.717, 1.165) is 21.6 Å². The molecule has 0 aromatic heterocycles. The predicted molar refractivity (Wildman–Crippen MR) is 116 cm³/mol. The largest absolute Gasteiger partial charge is 0.494 e. The number of benzene rings is 3. The van der Waals surface area contributed by atoms with Crippen LogP contribution >= 0.6 is 0 Å². The minimum Gasteiger partial charge on any atom is -0.494 e. The van der Waals surface area contributed by atoms with Crippen LogP contribution in [0.4, 0.5) is 4.39 Å². The molecule has 0 saturated heterocycles. The summed E-state index contributed by atoms with van der Waals surface area (Å²) in [6.07, 6.45) is 0. The van der Waals surface area contributed by atoms with Crippen molar-refractivity contribution in [3.8, 4) is 5.75 Å². The normalized spacial score (nSPS) is 13.0. The Hall–Kier alpha value is -3.18. The molecular weight excluding hydrogens is 379 g/mol. The summed E-state index contributed by atoms with van der Waals surface area (Å²) in [5.74, 6) is -0.233. The first-order valence-electron chi connectivity index (χ1n) is 10.0. The summed E-state index contributed by atoms with van der Waals surface area (Å²) in [5, 5.41) is 3.19. The Morgan fingerprint density at radius 3 is 2.07 bits per heavy atom. The fraction of sp³-hybridized carbons (Fsp3) is 0.240. The number of amides is 1. The number of quaternary nitrogens is 1. The topological polar surface area (TPSA) is 42.8 Å². The van der Waals surface area contributed by atoms with Crippen LogP contribution in [-0.2, 0) is 11.3 Å². The van der Waals surface area contributed by atoms with Crippen molar-refractivity contribution in [2.24, 2.45) is 0 Å². The van der Waals surface area contributed by atoms with Crippen molar-refractivity contribution in [2.75, 3.05) is 14.2 Å². The molecule has 1 amide bonds. The summed E-state index contributed by atoms with van der Waals surface area (Å²) in [4.78, 5) is 14.0. The third-order valence-corrected chi connectivity index (χ3v) is 5.38. The van der Waals surface area contributed by atoms with Crippen LogP contribution in [0.15, 0.2) is 78.9 Å². The Bertz CT molecular complexity index is 924. The van der Waals surface area contributed by atoms with Crippen LogP contribution in [0.1, 0.15) is 29.7 Å². The number of rotatable bonds is 8. The first-order valence-corrected chi connectivity index (χ1v) is 10.0. The lowest BCUT2D eigenvalue weighted by atomic mass is 9.98. The number of halogens is 1. The van der Waals surface area contributed by atoms with Crippen molar-refractivity contribution in [3.63, 3.8) is 0 Å². The fourth-order valence-corrected chi connectivity index (χ4v) is 3.44. The number of nitrogens with one attached hydrogen (secondary N) is 2. The van der Waals surface area contributed by atoms with Gasteiger partial charge in [-0.05, 0) is 36.2 Å². The van der Waals surface area contributed by atoms with Crippen LogP contribution < -0.4 is 15.0 Å². The van der Waals surface area contributed by atoms with Gasteiger partial charge in [-0.1, -0.05) is 60.7 Å². The molecule has 0 bridgehead atoms. The van der Waals surface area contributed by atoms with E-state index < -0.39 is 5.82 Å². The summed E-state index contributed by atoms with van der Waals surface area (Å²) in [5.41, 5.74) is 2.87. The molecule has 2 N–H and O–H groups in total. The Morgan fingerprint density at radius 2 is 1.57 bits per heavy atom. The number of methoxy groups -OCH3 is 1. The second-order valence-electron chi connectivity index (χ2n) is 7.48. The van der Waals surface area contributed by atoms with E-state index in [1.807, 2.05) is 80.7 Å². The second kappa shape index (κ2) is 10.0. The van der Waals surface area contributed by atoms with Crippen LogP contribution in [0.3, 0.4) is 0 Å². The predicted octanol–water partition coefficient (Wildman–Crippen LogP) is 3.14. The fourth-order valence-electron chi connectivity index (χ4n) is 3.44. The van der Waals surface area contributed by atoms with E-state index in [1.54, 1.807) is 6.07 Å². The molecule has 0 spiro atoms. The van der Waals surface area contributed by atoms with Gasteiger partial charge in [0.15, 0.2) is 17.6 Å². The van der Waals surface area contributed by atoms with Crippen LogP contribution in [0.5, 0.6) is 5.75 Å². The van der Waals surface area contributed by atoms with E-state index in [-0.39, 0.29) is 23.7 Å². The number of hydrogen-bond acceptors (Lipinski definition) is 2. The molecule has 4 nitrogen and oxygen atoms in total. The molecule has 0 radical (unpaired) electrons. The average molecular weight is 408 g/mol.